The highest BCUT2D eigenvalue weighted by Gasteiger charge is 2.26. The number of hydrogen-bond acceptors (Lipinski definition) is 4. The Kier molecular flexibility index (Phi) is 10.2. The fourth-order valence-electron chi connectivity index (χ4n) is 2.79. The van der Waals surface area contributed by atoms with Crippen molar-refractivity contribution in [3.05, 3.63) is 66.2 Å². The van der Waals surface area contributed by atoms with E-state index in [0.29, 0.717) is 6.42 Å². The molecule has 0 aliphatic heterocycles. The highest BCUT2D eigenvalue weighted by atomic mass is 35.5. The minimum Gasteiger partial charge on any atom is -0.380 e. The van der Waals surface area contributed by atoms with Gasteiger partial charge in [0.15, 0.2) is 0 Å². The molecule has 0 aliphatic carbocycles. The van der Waals surface area contributed by atoms with Crippen LogP contribution < -0.4 is 16.0 Å². The van der Waals surface area contributed by atoms with E-state index in [2.05, 4.69) is 5.32 Å². The summed E-state index contributed by atoms with van der Waals surface area (Å²) in [6.45, 7) is 0.241. The number of rotatable bonds is 9. The molecule has 0 bridgehead atoms. The molecule has 0 aromatic heterocycles. The second-order valence-corrected chi connectivity index (χ2v) is 6.34. The normalized spacial score (nSPS) is 12.4. The van der Waals surface area contributed by atoms with Crippen LogP contribution in [0.25, 0.3) is 0 Å². The zero-order valence-corrected chi connectivity index (χ0v) is 17.0. The second-order valence-electron chi connectivity index (χ2n) is 6.34. The third-order valence-corrected chi connectivity index (χ3v) is 4.40. The van der Waals surface area contributed by atoms with E-state index in [9.17, 15) is 9.59 Å². The maximum Gasteiger partial charge on any atom is 0.249 e. The molecular formula is C21H28ClN3O3. The van der Waals surface area contributed by atoms with Gasteiger partial charge in [0.1, 0.15) is 6.04 Å². The summed E-state index contributed by atoms with van der Waals surface area (Å²) in [7, 11) is 3.22. The lowest BCUT2D eigenvalue weighted by Gasteiger charge is -2.25. The summed E-state index contributed by atoms with van der Waals surface area (Å²) in [5.74, 6) is -0.442. The molecule has 0 spiro atoms. The number of carbonyl (C=O) groups excluding carboxylic acids is 2. The molecule has 2 atom stereocenters. The van der Waals surface area contributed by atoms with Crippen molar-refractivity contribution < 1.29 is 14.3 Å². The third-order valence-electron chi connectivity index (χ3n) is 4.40. The molecule has 6 nitrogen and oxygen atoms in total. The quantitative estimate of drug-likeness (QED) is 0.669. The van der Waals surface area contributed by atoms with Crippen LogP contribution in [-0.2, 0) is 20.7 Å². The second kappa shape index (κ2) is 12.1. The zero-order chi connectivity index (χ0) is 19.6. The molecule has 0 saturated heterocycles. The summed E-state index contributed by atoms with van der Waals surface area (Å²) in [5, 5.41) is 2.85. The van der Waals surface area contributed by atoms with Crippen LogP contribution in [0.1, 0.15) is 12.0 Å². The number of ether oxygens (including phenoxy) is 1. The van der Waals surface area contributed by atoms with E-state index in [4.69, 9.17) is 10.5 Å². The van der Waals surface area contributed by atoms with Crippen molar-refractivity contribution in [2.24, 2.45) is 5.73 Å². The van der Waals surface area contributed by atoms with Gasteiger partial charge in [-0.1, -0.05) is 48.5 Å². The van der Waals surface area contributed by atoms with Crippen molar-refractivity contribution in [2.45, 2.75) is 25.0 Å². The number of amides is 2. The van der Waals surface area contributed by atoms with Gasteiger partial charge in [0.05, 0.1) is 12.5 Å². The number of para-hydroxylation sites is 1. The van der Waals surface area contributed by atoms with Gasteiger partial charge in [-0.2, -0.15) is 0 Å². The summed E-state index contributed by atoms with van der Waals surface area (Å²) in [6.07, 6.45) is 0.146. The Hall–Kier alpha value is -2.41. The molecule has 3 N–H and O–H groups in total. The first-order valence-corrected chi connectivity index (χ1v) is 8.94. The number of halogens is 1. The van der Waals surface area contributed by atoms with Crippen LogP contribution in [0.4, 0.5) is 5.69 Å². The zero-order valence-electron chi connectivity index (χ0n) is 16.2. The SMILES string of the molecule is COC(CN)CC(=O)N[C@@H](Cc1ccccc1)C(=O)N(C)c1ccccc1.Cl. The van der Waals surface area contributed by atoms with Gasteiger partial charge < -0.3 is 20.7 Å². The highest BCUT2D eigenvalue weighted by Crippen LogP contribution is 2.14. The average molecular weight is 406 g/mol. The molecule has 0 radical (unpaired) electrons. The lowest BCUT2D eigenvalue weighted by Crippen LogP contribution is -2.49. The maximum absolute atomic E-state index is 13.1. The van der Waals surface area contributed by atoms with Crippen molar-refractivity contribution in [3.63, 3.8) is 0 Å². The lowest BCUT2D eigenvalue weighted by atomic mass is 10.0. The Morgan fingerprint density at radius 2 is 1.64 bits per heavy atom. The van der Waals surface area contributed by atoms with Crippen molar-refractivity contribution >= 4 is 29.9 Å². The molecular weight excluding hydrogens is 378 g/mol. The van der Waals surface area contributed by atoms with Crippen LogP contribution in [0, 0.1) is 0 Å². The lowest BCUT2D eigenvalue weighted by molar-refractivity contribution is -0.128. The van der Waals surface area contributed by atoms with Crippen LogP contribution >= 0.6 is 12.4 Å². The molecule has 2 rings (SSSR count). The smallest absolute Gasteiger partial charge is 0.249 e. The number of anilines is 1. The molecule has 2 aromatic carbocycles. The van der Waals surface area contributed by atoms with E-state index < -0.39 is 6.04 Å². The van der Waals surface area contributed by atoms with E-state index in [1.807, 2.05) is 60.7 Å². The maximum atomic E-state index is 13.1. The number of nitrogens with two attached hydrogens (primary N) is 1. The predicted molar refractivity (Wildman–Crippen MR) is 114 cm³/mol. The highest BCUT2D eigenvalue weighted by molar-refractivity contribution is 5.99. The molecule has 1 unspecified atom stereocenters. The van der Waals surface area contributed by atoms with Crippen molar-refractivity contribution in [2.75, 3.05) is 25.6 Å². The Labute approximate surface area is 172 Å². The fourth-order valence-corrected chi connectivity index (χ4v) is 2.79. The van der Waals surface area contributed by atoms with Gasteiger partial charge in [-0.05, 0) is 17.7 Å². The summed E-state index contributed by atoms with van der Waals surface area (Å²) in [5.41, 5.74) is 7.33. The number of nitrogens with zero attached hydrogens (tertiary/aromatic N) is 1. The molecule has 28 heavy (non-hydrogen) atoms. The monoisotopic (exact) mass is 405 g/mol. The van der Waals surface area contributed by atoms with Crippen molar-refractivity contribution in [1.82, 2.24) is 5.32 Å². The Morgan fingerprint density at radius 3 is 2.18 bits per heavy atom. The van der Waals surface area contributed by atoms with Gasteiger partial charge in [0.25, 0.3) is 0 Å². The van der Waals surface area contributed by atoms with E-state index in [-0.39, 0.29) is 43.3 Å². The van der Waals surface area contributed by atoms with E-state index in [0.717, 1.165) is 11.3 Å². The number of methoxy groups -OCH3 is 1. The van der Waals surface area contributed by atoms with Crippen LogP contribution in [0.15, 0.2) is 60.7 Å². The first-order valence-electron chi connectivity index (χ1n) is 8.94. The summed E-state index contributed by atoms with van der Waals surface area (Å²) >= 11 is 0. The molecule has 0 heterocycles. The molecule has 0 saturated carbocycles. The van der Waals surface area contributed by atoms with E-state index >= 15 is 0 Å². The minimum atomic E-state index is -0.680. The number of likely N-dealkylation sites (N-methyl/N-ethyl adjacent to an activating group) is 1. The van der Waals surface area contributed by atoms with Crippen LogP contribution in [0.5, 0.6) is 0 Å². The minimum absolute atomic E-state index is 0. The third kappa shape index (κ3) is 6.96. The predicted octanol–water partition coefficient (Wildman–Crippen LogP) is 2.16. The molecule has 0 fully saturated rings. The number of benzene rings is 2. The molecule has 152 valence electrons. The molecule has 0 aliphatic rings. The molecule has 2 amide bonds. The first kappa shape index (κ1) is 23.6. The number of hydrogen-bond donors (Lipinski definition) is 2. The standard InChI is InChI=1S/C21H27N3O3.ClH/c1-24(17-11-7-4-8-12-17)21(26)19(13-16-9-5-3-6-10-16)23-20(25)14-18(15-22)27-2;/h3-12,18-19H,13-15,22H2,1-2H3,(H,23,25);1H/t18?,19-;/m0./s1. The van der Waals surface area contributed by atoms with Gasteiger partial charge in [-0.25, -0.2) is 0 Å². The van der Waals surface area contributed by atoms with Crippen molar-refractivity contribution in [3.8, 4) is 0 Å². The van der Waals surface area contributed by atoms with Gasteiger partial charge in [0, 0.05) is 32.8 Å². The van der Waals surface area contributed by atoms with E-state index in [1.54, 1.807) is 11.9 Å². The van der Waals surface area contributed by atoms with Gasteiger partial charge >= 0.3 is 0 Å². The Morgan fingerprint density at radius 1 is 1.07 bits per heavy atom. The Bertz CT molecular complexity index is 724. The topological polar surface area (TPSA) is 84.7 Å². The number of nitrogens with one attached hydrogen (secondary N) is 1. The summed E-state index contributed by atoms with van der Waals surface area (Å²) < 4.78 is 5.17. The van der Waals surface area contributed by atoms with Crippen LogP contribution in [0.3, 0.4) is 0 Å². The fraction of sp³-hybridized carbons (Fsp3) is 0.333. The molecule has 7 heteroatoms. The van der Waals surface area contributed by atoms with Crippen LogP contribution in [0.2, 0.25) is 0 Å². The summed E-state index contributed by atoms with van der Waals surface area (Å²) in [4.78, 5) is 27.0. The summed E-state index contributed by atoms with van der Waals surface area (Å²) in [6, 6.07) is 18.3. The molecule has 2 aromatic rings. The van der Waals surface area contributed by atoms with Crippen LogP contribution in [-0.4, -0.2) is 44.7 Å². The number of carbonyl (C=O) groups is 2. The largest absolute Gasteiger partial charge is 0.380 e. The van der Waals surface area contributed by atoms with Gasteiger partial charge in [-0.15, -0.1) is 12.4 Å². The van der Waals surface area contributed by atoms with Gasteiger partial charge in [0.2, 0.25) is 11.8 Å². The van der Waals surface area contributed by atoms with Crippen molar-refractivity contribution in [1.29, 1.82) is 0 Å². The average Bonchev–Trinajstić information content (AvgIpc) is 2.71. The van der Waals surface area contributed by atoms with E-state index in [1.165, 1.54) is 7.11 Å². The Balaban J connectivity index is 0.00000392. The van der Waals surface area contributed by atoms with Gasteiger partial charge in [-0.3, -0.25) is 9.59 Å². The first-order chi connectivity index (χ1) is 13.0.